The van der Waals surface area contributed by atoms with Crippen LogP contribution in [0.5, 0.6) is 0 Å². The van der Waals surface area contributed by atoms with E-state index in [9.17, 15) is 9.90 Å². The SMILES string of the molecule is CC1=NN(C(=O)c2cccc(Br)c2)[C@](C)(O)C1. The van der Waals surface area contributed by atoms with Gasteiger partial charge in [-0.05, 0) is 32.0 Å². The summed E-state index contributed by atoms with van der Waals surface area (Å²) in [6, 6.07) is 7.03. The second kappa shape index (κ2) is 4.23. The molecule has 1 atom stereocenters. The second-order valence-corrected chi connectivity index (χ2v) is 5.27. The van der Waals surface area contributed by atoms with E-state index in [4.69, 9.17) is 0 Å². The van der Waals surface area contributed by atoms with Gasteiger partial charge in [0.05, 0.1) is 0 Å². The molecular formula is C12H13BrN2O2. The molecule has 0 aromatic heterocycles. The molecule has 5 heteroatoms. The molecule has 1 amide bonds. The van der Waals surface area contributed by atoms with Crippen molar-refractivity contribution in [3.63, 3.8) is 0 Å². The molecule has 0 saturated carbocycles. The Kier molecular flexibility index (Phi) is 3.05. The van der Waals surface area contributed by atoms with Gasteiger partial charge >= 0.3 is 0 Å². The van der Waals surface area contributed by atoms with Crippen LogP contribution in [0.3, 0.4) is 0 Å². The average molecular weight is 297 g/mol. The lowest BCUT2D eigenvalue weighted by Crippen LogP contribution is -2.43. The summed E-state index contributed by atoms with van der Waals surface area (Å²) in [5, 5.41) is 15.3. The van der Waals surface area contributed by atoms with Gasteiger partial charge in [-0.3, -0.25) is 4.79 Å². The lowest BCUT2D eigenvalue weighted by atomic mass is 10.1. The zero-order valence-electron chi connectivity index (χ0n) is 9.64. The predicted octanol–water partition coefficient (Wildman–Crippen LogP) is 2.38. The number of hydrazone groups is 1. The third kappa shape index (κ3) is 2.40. The molecule has 0 saturated heterocycles. The summed E-state index contributed by atoms with van der Waals surface area (Å²) in [6.07, 6.45) is 0.382. The summed E-state index contributed by atoms with van der Waals surface area (Å²) in [6.45, 7) is 3.38. The number of rotatable bonds is 1. The first-order chi connectivity index (χ1) is 7.90. The first kappa shape index (κ1) is 12.3. The maximum atomic E-state index is 12.2. The fraction of sp³-hybridized carbons (Fsp3) is 0.333. The van der Waals surface area contributed by atoms with Crippen LogP contribution < -0.4 is 0 Å². The molecule has 1 aromatic carbocycles. The van der Waals surface area contributed by atoms with Crippen molar-refractivity contribution in [3.05, 3.63) is 34.3 Å². The summed E-state index contributed by atoms with van der Waals surface area (Å²) in [5.74, 6) is -0.298. The number of benzene rings is 1. The van der Waals surface area contributed by atoms with Crippen LogP contribution in [0, 0.1) is 0 Å². The molecule has 0 radical (unpaired) electrons. The number of halogens is 1. The zero-order chi connectivity index (χ0) is 12.6. The Labute approximate surface area is 108 Å². The minimum absolute atomic E-state index is 0.298. The summed E-state index contributed by atoms with van der Waals surface area (Å²) < 4.78 is 0.822. The van der Waals surface area contributed by atoms with Crippen molar-refractivity contribution >= 4 is 27.5 Å². The van der Waals surface area contributed by atoms with Crippen LogP contribution in [0.4, 0.5) is 0 Å². The highest BCUT2D eigenvalue weighted by atomic mass is 79.9. The monoisotopic (exact) mass is 296 g/mol. The molecule has 0 unspecified atom stereocenters. The molecule has 17 heavy (non-hydrogen) atoms. The quantitative estimate of drug-likeness (QED) is 0.865. The van der Waals surface area contributed by atoms with Gasteiger partial charge in [-0.15, -0.1) is 0 Å². The Balaban J connectivity index is 2.32. The van der Waals surface area contributed by atoms with Crippen molar-refractivity contribution in [2.75, 3.05) is 0 Å². The molecule has 0 aliphatic carbocycles. The second-order valence-electron chi connectivity index (χ2n) is 4.36. The molecule has 1 heterocycles. The van der Waals surface area contributed by atoms with Crippen LogP contribution in [0.1, 0.15) is 30.6 Å². The van der Waals surface area contributed by atoms with E-state index < -0.39 is 5.72 Å². The van der Waals surface area contributed by atoms with Crippen molar-refractivity contribution in [1.82, 2.24) is 5.01 Å². The molecule has 90 valence electrons. The van der Waals surface area contributed by atoms with E-state index in [1.165, 1.54) is 0 Å². The third-order valence-corrected chi connectivity index (χ3v) is 3.07. The molecule has 1 aromatic rings. The number of amides is 1. The lowest BCUT2D eigenvalue weighted by molar-refractivity contribution is -0.0553. The van der Waals surface area contributed by atoms with Gasteiger partial charge in [-0.1, -0.05) is 22.0 Å². The Morgan fingerprint density at radius 1 is 1.59 bits per heavy atom. The van der Waals surface area contributed by atoms with E-state index >= 15 is 0 Å². The first-order valence-electron chi connectivity index (χ1n) is 5.27. The van der Waals surface area contributed by atoms with Gasteiger partial charge in [0, 0.05) is 22.2 Å². The molecule has 0 bridgehead atoms. The van der Waals surface area contributed by atoms with Crippen molar-refractivity contribution < 1.29 is 9.90 Å². The Morgan fingerprint density at radius 2 is 2.29 bits per heavy atom. The first-order valence-corrected chi connectivity index (χ1v) is 6.06. The van der Waals surface area contributed by atoms with Crippen LogP contribution in [0.2, 0.25) is 0 Å². The number of nitrogens with zero attached hydrogens (tertiary/aromatic N) is 2. The topological polar surface area (TPSA) is 52.9 Å². The van der Waals surface area contributed by atoms with Crippen molar-refractivity contribution in [2.45, 2.75) is 26.0 Å². The van der Waals surface area contributed by atoms with E-state index in [2.05, 4.69) is 21.0 Å². The average Bonchev–Trinajstić information content (AvgIpc) is 2.51. The molecule has 0 fully saturated rings. The normalized spacial score (nSPS) is 23.8. The van der Waals surface area contributed by atoms with Gasteiger partial charge in [-0.25, -0.2) is 0 Å². The summed E-state index contributed by atoms with van der Waals surface area (Å²) in [4.78, 5) is 12.2. The van der Waals surface area contributed by atoms with Gasteiger partial charge in [0.15, 0.2) is 5.72 Å². The summed E-state index contributed by atoms with van der Waals surface area (Å²) >= 11 is 3.31. The largest absolute Gasteiger partial charge is 0.369 e. The highest BCUT2D eigenvalue weighted by molar-refractivity contribution is 9.10. The third-order valence-electron chi connectivity index (χ3n) is 2.58. The smallest absolute Gasteiger partial charge is 0.276 e. The van der Waals surface area contributed by atoms with Gasteiger partial charge in [0.25, 0.3) is 5.91 Å². The van der Waals surface area contributed by atoms with E-state index in [0.29, 0.717) is 12.0 Å². The van der Waals surface area contributed by atoms with E-state index in [-0.39, 0.29) is 5.91 Å². The fourth-order valence-electron chi connectivity index (χ4n) is 1.88. The summed E-state index contributed by atoms with van der Waals surface area (Å²) in [7, 11) is 0. The van der Waals surface area contributed by atoms with Crippen molar-refractivity contribution in [2.24, 2.45) is 5.10 Å². The standard InChI is InChI=1S/C12H13BrN2O2/c1-8-7-12(2,17)15(14-8)11(16)9-4-3-5-10(13)6-9/h3-6,17H,7H2,1-2H3/t12-/m1/s1. The highest BCUT2D eigenvalue weighted by Crippen LogP contribution is 2.27. The number of carbonyl (C=O) groups is 1. The number of hydrogen-bond acceptors (Lipinski definition) is 3. The molecule has 4 nitrogen and oxygen atoms in total. The maximum absolute atomic E-state index is 12.2. The Bertz CT molecular complexity index is 497. The van der Waals surface area contributed by atoms with Gasteiger partial charge in [-0.2, -0.15) is 10.1 Å². The van der Waals surface area contributed by atoms with Gasteiger partial charge in [0.2, 0.25) is 0 Å². The summed E-state index contributed by atoms with van der Waals surface area (Å²) in [5.41, 5.74) is 0.0141. The van der Waals surface area contributed by atoms with Crippen molar-refractivity contribution in [1.29, 1.82) is 0 Å². The molecule has 1 aliphatic heterocycles. The van der Waals surface area contributed by atoms with E-state index in [1.807, 2.05) is 6.07 Å². The minimum atomic E-state index is -1.23. The molecule has 1 N–H and O–H groups in total. The van der Waals surface area contributed by atoms with E-state index in [0.717, 1.165) is 15.2 Å². The zero-order valence-corrected chi connectivity index (χ0v) is 11.2. The van der Waals surface area contributed by atoms with Crippen LogP contribution in [-0.4, -0.2) is 27.5 Å². The van der Waals surface area contributed by atoms with Crippen LogP contribution >= 0.6 is 15.9 Å². The van der Waals surface area contributed by atoms with Gasteiger partial charge < -0.3 is 5.11 Å². The predicted molar refractivity (Wildman–Crippen MR) is 68.7 cm³/mol. The Morgan fingerprint density at radius 3 is 2.82 bits per heavy atom. The Hall–Kier alpha value is -1.20. The molecule has 1 aliphatic rings. The van der Waals surface area contributed by atoms with Crippen molar-refractivity contribution in [3.8, 4) is 0 Å². The number of hydrogen-bond donors (Lipinski definition) is 1. The van der Waals surface area contributed by atoms with Crippen LogP contribution in [-0.2, 0) is 0 Å². The number of aliphatic hydroxyl groups is 1. The minimum Gasteiger partial charge on any atom is -0.369 e. The van der Waals surface area contributed by atoms with E-state index in [1.54, 1.807) is 32.0 Å². The number of carbonyl (C=O) groups excluding carboxylic acids is 1. The maximum Gasteiger partial charge on any atom is 0.276 e. The fourth-order valence-corrected chi connectivity index (χ4v) is 2.28. The molecule has 2 rings (SSSR count). The van der Waals surface area contributed by atoms with Gasteiger partial charge in [0.1, 0.15) is 0 Å². The molecule has 0 spiro atoms. The van der Waals surface area contributed by atoms with Crippen LogP contribution in [0.15, 0.2) is 33.8 Å². The lowest BCUT2D eigenvalue weighted by Gasteiger charge is -2.27. The highest BCUT2D eigenvalue weighted by Gasteiger charge is 2.39. The van der Waals surface area contributed by atoms with Crippen LogP contribution in [0.25, 0.3) is 0 Å². The molecular weight excluding hydrogens is 284 g/mol.